The largest absolute Gasteiger partial charge is 0.367 e. The minimum atomic E-state index is -0.587. The number of halogens is 3. The summed E-state index contributed by atoms with van der Waals surface area (Å²) in [5.74, 6) is -1.10. The number of anilines is 1. The number of rotatable bonds is 1. The van der Waals surface area contributed by atoms with Gasteiger partial charge >= 0.3 is 0 Å². The summed E-state index contributed by atoms with van der Waals surface area (Å²) in [7, 11) is 0. The molecule has 1 aromatic carbocycles. The SMILES string of the molecule is Nc1ncc2c(F)cc(-c3ccc(Cl)c(F)c3)n2n1. The quantitative estimate of drug-likeness (QED) is 0.746. The molecule has 2 N–H and O–H groups in total. The summed E-state index contributed by atoms with van der Waals surface area (Å²) in [6, 6.07) is 5.42. The molecule has 19 heavy (non-hydrogen) atoms. The Hall–Kier alpha value is -2.21. The molecule has 4 nitrogen and oxygen atoms in total. The number of fused-ring (bicyclic) bond motifs is 1. The third-order valence-corrected chi connectivity index (χ3v) is 3.01. The maximum Gasteiger partial charge on any atom is 0.238 e. The summed E-state index contributed by atoms with van der Waals surface area (Å²) in [5.41, 5.74) is 6.46. The van der Waals surface area contributed by atoms with Crippen LogP contribution in [0.25, 0.3) is 16.8 Å². The first kappa shape index (κ1) is 11.9. The van der Waals surface area contributed by atoms with Crippen molar-refractivity contribution in [3.63, 3.8) is 0 Å². The van der Waals surface area contributed by atoms with Crippen LogP contribution < -0.4 is 5.73 Å². The molecule has 0 atom stereocenters. The van der Waals surface area contributed by atoms with Gasteiger partial charge in [0.25, 0.3) is 0 Å². The van der Waals surface area contributed by atoms with Crippen molar-refractivity contribution >= 4 is 23.1 Å². The van der Waals surface area contributed by atoms with E-state index in [0.717, 1.165) is 0 Å². The van der Waals surface area contributed by atoms with E-state index >= 15 is 0 Å². The third kappa shape index (κ3) is 1.90. The number of nitrogen functional groups attached to an aromatic ring is 1. The number of nitrogens with two attached hydrogens (primary N) is 1. The fourth-order valence-corrected chi connectivity index (χ4v) is 1.94. The van der Waals surface area contributed by atoms with E-state index in [0.29, 0.717) is 11.3 Å². The van der Waals surface area contributed by atoms with E-state index in [1.165, 1.54) is 28.9 Å². The molecular formula is C12H7ClF2N4. The van der Waals surface area contributed by atoms with Crippen molar-refractivity contribution in [3.8, 4) is 11.3 Å². The van der Waals surface area contributed by atoms with Crippen LogP contribution >= 0.6 is 11.6 Å². The van der Waals surface area contributed by atoms with Crippen molar-refractivity contribution in [3.05, 3.63) is 47.1 Å². The molecule has 7 heteroatoms. The standard InChI is InChI=1S/C12H7ClF2N4/c13-7-2-1-6(3-8(7)14)10-4-9(15)11-5-17-12(16)18-19(10)11/h1-5H,(H2,16,18). The maximum atomic E-state index is 13.7. The van der Waals surface area contributed by atoms with Crippen LogP contribution in [0.5, 0.6) is 0 Å². The summed E-state index contributed by atoms with van der Waals surface area (Å²) < 4.78 is 28.5. The normalized spacial score (nSPS) is 11.1. The second-order valence-corrected chi connectivity index (χ2v) is 4.33. The van der Waals surface area contributed by atoms with Crippen LogP contribution in [0.3, 0.4) is 0 Å². The monoisotopic (exact) mass is 280 g/mol. The molecule has 0 spiro atoms. The van der Waals surface area contributed by atoms with E-state index in [9.17, 15) is 8.78 Å². The molecule has 3 rings (SSSR count). The van der Waals surface area contributed by atoms with Gasteiger partial charge in [-0.1, -0.05) is 17.7 Å². The Morgan fingerprint density at radius 3 is 2.68 bits per heavy atom. The van der Waals surface area contributed by atoms with Gasteiger partial charge in [0.2, 0.25) is 5.95 Å². The smallest absolute Gasteiger partial charge is 0.238 e. The topological polar surface area (TPSA) is 56.2 Å². The molecule has 0 radical (unpaired) electrons. The van der Waals surface area contributed by atoms with Crippen molar-refractivity contribution in [2.45, 2.75) is 0 Å². The van der Waals surface area contributed by atoms with Crippen LogP contribution in [0.2, 0.25) is 5.02 Å². The summed E-state index contributed by atoms with van der Waals surface area (Å²) in [4.78, 5) is 3.72. The molecule has 0 aliphatic rings. The summed E-state index contributed by atoms with van der Waals surface area (Å²) in [6.07, 6.45) is 1.27. The van der Waals surface area contributed by atoms with E-state index in [-0.39, 0.29) is 16.5 Å². The Morgan fingerprint density at radius 2 is 1.95 bits per heavy atom. The molecule has 96 valence electrons. The summed E-state index contributed by atoms with van der Waals surface area (Å²) in [5, 5.41) is 3.91. The predicted octanol–water partition coefficient (Wildman–Crippen LogP) is 2.91. The molecule has 0 bridgehead atoms. The Bertz CT molecular complexity index is 785. The lowest BCUT2D eigenvalue weighted by atomic mass is 10.1. The zero-order chi connectivity index (χ0) is 13.6. The first-order valence-corrected chi connectivity index (χ1v) is 5.69. The van der Waals surface area contributed by atoms with E-state index in [1.807, 2.05) is 0 Å². The van der Waals surface area contributed by atoms with Crippen LogP contribution in [-0.2, 0) is 0 Å². The van der Waals surface area contributed by atoms with Crippen LogP contribution in [0.15, 0.2) is 30.5 Å². The fourth-order valence-electron chi connectivity index (χ4n) is 1.83. The lowest BCUT2D eigenvalue weighted by Gasteiger charge is -2.03. The molecule has 0 saturated carbocycles. The minimum Gasteiger partial charge on any atom is -0.367 e. The van der Waals surface area contributed by atoms with Gasteiger partial charge in [-0.25, -0.2) is 18.3 Å². The average molecular weight is 281 g/mol. The molecule has 0 aliphatic heterocycles. The van der Waals surface area contributed by atoms with Gasteiger partial charge in [-0.2, -0.15) is 0 Å². The highest BCUT2D eigenvalue weighted by atomic mass is 35.5. The Morgan fingerprint density at radius 1 is 1.16 bits per heavy atom. The van der Waals surface area contributed by atoms with E-state index in [1.54, 1.807) is 6.07 Å². The first-order chi connectivity index (χ1) is 9.06. The highest BCUT2D eigenvalue weighted by molar-refractivity contribution is 6.30. The Labute approximate surface area is 111 Å². The Kier molecular flexibility index (Phi) is 2.60. The first-order valence-electron chi connectivity index (χ1n) is 5.31. The highest BCUT2D eigenvalue weighted by Crippen LogP contribution is 2.27. The van der Waals surface area contributed by atoms with Crippen molar-refractivity contribution in [2.75, 3.05) is 5.73 Å². The molecule has 0 amide bonds. The molecule has 2 heterocycles. The van der Waals surface area contributed by atoms with E-state index in [4.69, 9.17) is 17.3 Å². The molecule has 0 saturated heterocycles. The lowest BCUT2D eigenvalue weighted by Crippen LogP contribution is -2.01. The second kappa shape index (κ2) is 4.17. The second-order valence-electron chi connectivity index (χ2n) is 3.92. The number of nitrogens with zero attached hydrogens (tertiary/aromatic N) is 3. The molecule has 0 fully saturated rings. The summed E-state index contributed by atoms with van der Waals surface area (Å²) >= 11 is 5.62. The van der Waals surface area contributed by atoms with Crippen LogP contribution in [0, 0.1) is 11.6 Å². The number of hydrogen-bond donors (Lipinski definition) is 1. The molecular weight excluding hydrogens is 274 g/mol. The van der Waals surface area contributed by atoms with Crippen LogP contribution in [0.1, 0.15) is 0 Å². The molecule has 0 aliphatic carbocycles. The van der Waals surface area contributed by atoms with Gasteiger partial charge in [-0.15, -0.1) is 5.10 Å². The van der Waals surface area contributed by atoms with Gasteiger partial charge in [0, 0.05) is 11.6 Å². The van der Waals surface area contributed by atoms with Gasteiger partial charge in [0.05, 0.1) is 16.9 Å². The fraction of sp³-hybridized carbons (Fsp3) is 0. The third-order valence-electron chi connectivity index (χ3n) is 2.70. The van der Waals surface area contributed by atoms with E-state index < -0.39 is 11.6 Å². The Balaban J connectivity index is 2.29. The van der Waals surface area contributed by atoms with Crippen LogP contribution in [0.4, 0.5) is 14.7 Å². The van der Waals surface area contributed by atoms with Gasteiger partial charge in [-0.05, 0) is 12.1 Å². The zero-order valence-electron chi connectivity index (χ0n) is 9.44. The number of benzene rings is 1. The minimum absolute atomic E-state index is 0.000719. The number of aromatic nitrogens is 3. The molecule has 3 aromatic rings. The van der Waals surface area contributed by atoms with Gasteiger partial charge in [-0.3, -0.25) is 0 Å². The highest BCUT2D eigenvalue weighted by Gasteiger charge is 2.13. The number of hydrogen-bond acceptors (Lipinski definition) is 3. The predicted molar refractivity (Wildman–Crippen MR) is 67.8 cm³/mol. The average Bonchev–Trinajstić information content (AvgIpc) is 2.70. The van der Waals surface area contributed by atoms with Gasteiger partial charge in [0.15, 0.2) is 5.82 Å². The maximum absolute atomic E-state index is 13.7. The van der Waals surface area contributed by atoms with Gasteiger partial charge < -0.3 is 5.73 Å². The van der Waals surface area contributed by atoms with Crippen molar-refractivity contribution in [1.82, 2.24) is 14.6 Å². The van der Waals surface area contributed by atoms with Crippen molar-refractivity contribution in [2.24, 2.45) is 0 Å². The van der Waals surface area contributed by atoms with Crippen LogP contribution in [-0.4, -0.2) is 14.6 Å². The van der Waals surface area contributed by atoms with Gasteiger partial charge in [0.1, 0.15) is 11.3 Å². The zero-order valence-corrected chi connectivity index (χ0v) is 10.2. The van der Waals surface area contributed by atoms with E-state index in [2.05, 4.69) is 10.1 Å². The van der Waals surface area contributed by atoms with Crippen molar-refractivity contribution < 1.29 is 8.78 Å². The van der Waals surface area contributed by atoms with Crippen molar-refractivity contribution in [1.29, 1.82) is 0 Å². The summed E-state index contributed by atoms with van der Waals surface area (Å²) in [6.45, 7) is 0. The lowest BCUT2D eigenvalue weighted by molar-refractivity contribution is 0.628. The molecule has 0 unspecified atom stereocenters. The molecule has 2 aromatic heterocycles.